The molecular formula is C16H18F4. The Morgan fingerprint density at radius 1 is 1.10 bits per heavy atom. The maximum atomic E-state index is 14.0. The molecule has 1 aromatic rings. The van der Waals surface area contributed by atoms with Crippen LogP contribution in [-0.4, -0.2) is 0 Å². The zero-order valence-electron chi connectivity index (χ0n) is 11.5. The largest absolute Gasteiger partial charge is 0.416 e. The minimum absolute atomic E-state index is 0.348. The lowest BCUT2D eigenvalue weighted by molar-refractivity contribution is -0.137. The third-order valence-electron chi connectivity index (χ3n) is 3.76. The van der Waals surface area contributed by atoms with Gasteiger partial charge in [-0.15, -0.1) is 0 Å². The molecule has 0 radical (unpaired) electrons. The molecule has 0 fully saturated rings. The fraction of sp³-hybridized carbons (Fsp3) is 0.500. The van der Waals surface area contributed by atoms with E-state index in [1.165, 1.54) is 11.6 Å². The average molecular weight is 286 g/mol. The summed E-state index contributed by atoms with van der Waals surface area (Å²) < 4.78 is 51.7. The van der Waals surface area contributed by atoms with E-state index < -0.39 is 17.6 Å². The molecule has 0 amide bonds. The second-order valence-electron chi connectivity index (χ2n) is 5.23. The van der Waals surface area contributed by atoms with Crippen molar-refractivity contribution in [2.24, 2.45) is 0 Å². The fourth-order valence-corrected chi connectivity index (χ4v) is 2.81. The Morgan fingerprint density at radius 2 is 1.80 bits per heavy atom. The molecule has 0 aliphatic heterocycles. The Balaban J connectivity index is 2.41. The van der Waals surface area contributed by atoms with E-state index in [9.17, 15) is 17.6 Å². The van der Waals surface area contributed by atoms with Crippen LogP contribution in [-0.2, 0) is 6.18 Å². The van der Waals surface area contributed by atoms with Gasteiger partial charge < -0.3 is 0 Å². The van der Waals surface area contributed by atoms with Crippen molar-refractivity contribution in [3.8, 4) is 0 Å². The van der Waals surface area contributed by atoms with E-state index >= 15 is 0 Å². The summed E-state index contributed by atoms with van der Waals surface area (Å²) in [6.07, 6.45) is 1.13. The molecule has 1 aromatic carbocycles. The molecule has 4 heteroatoms. The Bertz CT molecular complexity index is 512. The molecule has 0 unspecified atom stereocenters. The lowest BCUT2D eigenvalue weighted by Crippen LogP contribution is -2.07. The van der Waals surface area contributed by atoms with Crippen LogP contribution in [0.25, 0.3) is 5.57 Å². The first-order chi connectivity index (χ1) is 9.43. The molecule has 0 saturated carbocycles. The van der Waals surface area contributed by atoms with Gasteiger partial charge in [0, 0.05) is 5.56 Å². The van der Waals surface area contributed by atoms with Crippen LogP contribution < -0.4 is 0 Å². The summed E-state index contributed by atoms with van der Waals surface area (Å²) >= 11 is 0. The van der Waals surface area contributed by atoms with E-state index in [4.69, 9.17) is 0 Å². The molecule has 0 nitrogen and oxygen atoms in total. The summed E-state index contributed by atoms with van der Waals surface area (Å²) in [5.41, 5.74) is 1.55. The average Bonchev–Trinajstić information content (AvgIpc) is 2.39. The molecule has 20 heavy (non-hydrogen) atoms. The van der Waals surface area contributed by atoms with E-state index in [1.807, 2.05) is 0 Å². The van der Waals surface area contributed by atoms with Crippen LogP contribution >= 0.6 is 0 Å². The predicted molar refractivity (Wildman–Crippen MR) is 71.7 cm³/mol. The molecule has 2 rings (SSSR count). The lowest BCUT2D eigenvalue weighted by atomic mass is 9.85. The summed E-state index contributed by atoms with van der Waals surface area (Å²) in [6, 6.07) is 2.87. The normalized spacial score (nSPS) is 16.6. The SMILES string of the molecule is CCCC1=C(c2ccc(C(F)(F)F)cc2F)CCCC1. The van der Waals surface area contributed by atoms with Crippen molar-refractivity contribution in [3.63, 3.8) is 0 Å². The number of rotatable bonds is 3. The molecule has 0 heterocycles. The van der Waals surface area contributed by atoms with Gasteiger partial charge in [0.05, 0.1) is 5.56 Å². The van der Waals surface area contributed by atoms with Crippen LogP contribution in [0.4, 0.5) is 17.6 Å². The van der Waals surface area contributed by atoms with Gasteiger partial charge in [0.15, 0.2) is 0 Å². The predicted octanol–water partition coefficient (Wildman–Crippen LogP) is 5.97. The molecule has 1 aliphatic rings. The minimum atomic E-state index is -4.49. The number of allylic oxidation sites excluding steroid dienone is 2. The van der Waals surface area contributed by atoms with Crippen molar-refractivity contribution in [2.75, 3.05) is 0 Å². The highest BCUT2D eigenvalue weighted by molar-refractivity contribution is 5.70. The van der Waals surface area contributed by atoms with Crippen LogP contribution in [0, 0.1) is 5.82 Å². The topological polar surface area (TPSA) is 0 Å². The van der Waals surface area contributed by atoms with Crippen LogP contribution in [0.1, 0.15) is 56.6 Å². The molecule has 0 bridgehead atoms. The smallest absolute Gasteiger partial charge is 0.206 e. The van der Waals surface area contributed by atoms with E-state index in [0.717, 1.165) is 50.2 Å². The van der Waals surface area contributed by atoms with E-state index in [1.54, 1.807) is 0 Å². The van der Waals surface area contributed by atoms with Gasteiger partial charge in [0.1, 0.15) is 5.82 Å². The first-order valence-electron chi connectivity index (χ1n) is 7.01. The van der Waals surface area contributed by atoms with Crippen LogP contribution in [0.2, 0.25) is 0 Å². The minimum Gasteiger partial charge on any atom is -0.206 e. The van der Waals surface area contributed by atoms with Gasteiger partial charge in [-0.05, 0) is 49.8 Å². The highest BCUT2D eigenvalue weighted by atomic mass is 19.4. The van der Waals surface area contributed by atoms with E-state index in [2.05, 4.69) is 6.92 Å². The van der Waals surface area contributed by atoms with E-state index in [-0.39, 0.29) is 0 Å². The summed E-state index contributed by atoms with van der Waals surface area (Å²) in [7, 11) is 0. The molecule has 1 aliphatic carbocycles. The summed E-state index contributed by atoms with van der Waals surface area (Å²) in [5, 5.41) is 0. The maximum Gasteiger partial charge on any atom is 0.416 e. The Kier molecular flexibility index (Phi) is 4.51. The van der Waals surface area contributed by atoms with Gasteiger partial charge in [-0.1, -0.05) is 25.0 Å². The van der Waals surface area contributed by atoms with Crippen LogP contribution in [0.3, 0.4) is 0 Å². The Morgan fingerprint density at radius 3 is 2.40 bits per heavy atom. The highest BCUT2D eigenvalue weighted by Crippen LogP contribution is 2.37. The standard InChI is InChI=1S/C16H18F4/c1-2-5-11-6-3-4-7-13(11)14-9-8-12(10-15(14)17)16(18,19)20/h8-10H,2-7H2,1H3. The Hall–Kier alpha value is -1.32. The van der Waals surface area contributed by atoms with Crippen molar-refractivity contribution in [2.45, 2.75) is 51.6 Å². The third-order valence-corrected chi connectivity index (χ3v) is 3.76. The molecule has 0 aromatic heterocycles. The zero-order valence-corrected chi connectivity index (χ0v) is 11.5. The van der Waals surface area contributed by atoms with Crippen molar-refractivity contribution in [1.29, 1.82) is 0 Å². The number of hydrogen-bond acceptors (Lipinski definition) is 0. The van der Waals surface area contributed by atoms with Crippen molar-refractivity contribution >= 4 is 5.57 Å². The maximum absolute atomic E-state index is 14.0. The molecule has 0 atom stereocenters. The van der Waals surface area contributed by atoms with E-state index in [0.29, 0.717) is 11.6 Å². The van der Waals surface area contributed by atoms with Gasteiger partial charge in [-0.25, -0.2) is 4.39 Å². The zero-order chi connectivity index (χ0) is 14.8. The molecule has 0 spiro atoms. The van der Waals surface area contributed by atoms with Crippen molar-refractivity contribution in [3.05, 3.63) is 40.7 Å². The summed E-state index contributed by atoms with van der Waals surface area (Å²) in [5.74, 6) is -0.759. The summed E-state index contributed by atoms with van der Waals surface area (Å²) in [4.78, 5) is 0. The number of alkyl halides is 3. The third kappa shape index (κ3) is 3.22. The molecule has 0 N–H and O–H groups in total. The van der Waals surface area contributed by atoms with Crippen LogP contribution in [0.5, 0.6) is 0 Å². The summed E-state index contributed by atoms with van der Waals surface area (Å²) in [6.45, 7) is 2.06. The first-order valence-corrected chi connectivity index (χ1v) is 7.01. The number of halogens is 4. The monoisotopic (exact) mass is 286 g/mol. The lowest BCUT2D eigenvalue weighted by Gasteiger charge is -2.21. The van der Waals surface area contributed by atoms with Gasteiger partial charge >= 0.3 is 6.18 Å². The second kappa shape index (κ2) is 5.98. The number of hydrogen-bond donors (Lipinski definition) is 0. The highest BCUT2D eigenvalue weighted by Gasteiger charge is 2.31. The van der Waals surface area contributed by atoms with Gasteiger partial charge in [0.25, 0.3) is 0 Å². The van der Waals surface area contributed by atoms with Crippen molar-refractivity contribution < 1.29 is 17.6 Å². The fourth-order valence-electron chi connectivity index (χ4n) is 2.81. The molecule has 0 saturated heterocycles. The van der Waals surface area contributed by atoms with Gasteiger partial charge in [0.2, 0.25) is 0 Å². The Labute approximate surface area is 116 Å². The second-order valence-corrected chi connectivity index (χ2v) is 5.23. The molecular weight excluding hydrogens is 268 g/mol. The van der Waals surface area contributed by atoms with Crippen LogP contribution in [0.15, 0.2) is 23.8 Å². The quantitative estimate of drug-likeness (QED) is 0.600. The van der Waals surface area contributed by atoms with Gasteiger partial charge in [-0.2, -0.15) is 13.2 Å². The van der Waals surface area contributed by atoms with Gasteiger partial charge in [-0.3, -0.25) is 0 Å². The number of benzene rings is 1. The van der Waals surface area contributed by atoms with Crippen molar-refractivity contribution in [1.82, 2.24) is 0 Å². The molecule has 110 valence electrons. The first kappa shape index (κ1) is 15.1.